The van der Waals surface area contributed by atoms with Gasteiger partial charge in [0.2, 0.25) is 5.78 Å². The summed E-state index contributed by atoms with van der Waals surface area (Å²) in [4.78, 5) is 39.9. The molecule has 0 spiro atoms. The summed E-state index contributed by atoms with van der Waals surface area (Å²) in [5.74, 6) is -1.13. The molecule has 0 fully saturated rings. The number of Topliss-reactive ketones (excluding diaryl/α,β-unsaturated/α-hetero) is 1. The number of carbonyl (C=O) groups excluding carboxylic acids is 2. The number of nitrogens with zero attached hydrogens (tertiary/aromatic N) is 1. The van der Waals surface area contributed by atoms with Crippen molar-refractivity contribution >= 4 is 28.4 Å². The molecule has 2 N–H and O–H groups in total. The summed E-state index contributed by atoms with van der Waals surface area (Å²) in [6, 6.07) is 4.97. The molecule has 0 aliphatic carbocycles. The molecule has 0 aliphatic heterocycles. The van der Waals surface area contributed by atoms with Crippen LogP contribution in [0.4, 0.5) is 5.69 Å². The van der Waals surface area contributed by atoms with Crippen LogP contribution in [0.5, 0.6) is 0 Å². The van der Waals surface area contributed by atoms with Gasteiger partial charge in [0.05, 0.1) is 11.0 Å². The molecule has 0 saturated carbocycles. The lowest BCUT2D eigenvalue weighted by molar-refractivity contribution is -0.134. The first-order valence-electron chi connectivity index (χ1n) is 4.99. The highest BCUT2D eigenvalue weighted by atomic mass is 16.2. The number of aromatic nitrogens is 2. The number of carbonyl (C=O) groups is 2. The van der Waals surface area contributed by atoms with E-state index in [2.05, 4.69) is 9.97 Å². The van der Waals surface area contributed by atoms with Crippen molar-refractivity contribution in [1.29, 1.82) is 0 Å². The summed E-state index contributed by atoms with van der Waals surface area (Å²) in [5.41, 5.74) is 1.49. The number of hydrogen-bond donors (Lipinski definition) is 2. The van der Waals surface area contributed by atoms with Gasteiger partial charge in [0, 0.05) is 19.7 Å². The Labute approximate surface area is 96.2 Å². The van der Waals surface area contributed by atoms with Gasteiger partial charge in [-0.25, -0.2) is 4.79 Å². The first kappa shape index (κ1) is 11.1. The Morgan fingerprint density at radius 3 is 2.47 bits per heavy atom. The number of H-pyrrole nitrogens is 2. The monoisotopic (exact) mass is 233 g/mol. The molecule has 0 aliphatic rings. The van der Waals surface area contributed by atoms with Gasteiger partial charge in [0.15, 0.2) is 0 Å². The Morgan fingerprint density at radius 2 is 1.82 bits per heavy atom. The average molecular weight is 233 g/mol. The molecule has 17 heavy (non-hydrogen) atoms. The lowest BCUT2D eigenvalue weighted by Gasteiger charge is -2.15. The molecular weight excluding hydrogens is 222 g/mol. The minimum atomic E-state index is -0.595. The number of likely N-dealkylation sites (N-methyl/N-ethyl adjacent to an activating group) is 1. The second-order valence-electron chi connectivity index (χ2n) is 3.73. The number of benzene rings is 1. The van der Waals surface area contributed by atoms with E-state index in [0.29, 0.717) is 16.7 Å². The van der Waals surface area contributed by atoms with E-state index in [9.17, 15) is 14.4 Å². The zero-order valence-electron chi connectivity index (χ0n) is 9.40. The predicted octanol–water partition coefficient (Wildman–Crippen LogP) is 0.408. The van der Waals surface area contributed by atoms with Crippen molar-refractivity contribution in [1.82, 2.24) is 9.97 Å². The Morgan fingerprint density at radius 1 is 1.18 bits per heavy atom. The zero-order chi connectivity index (χ0) is 12.6. The lowest BCUT2D eigenvalue weighted by atomic mass is 10.2. The number of anilines is 1. The van der Waals surface area contributed by atoms with Crippen LogP contribution in [0.15, 0.2) is 23.0 Å². The van der Waals surface area contributed by atoms with Crippen LogP contribution in [0, 0.1) is 0 Å². The quantitative estimate of drug-likeness (QED) is 0.736. The third-order valence-corrected chi connectivity index (χ3v) is 2.49. The summed E-state index contributed by atoms with van der Waals surface area (Å²) in [5, 5.41) is 0. The van der Waals surface area contributed by atoms with Crippen molar-refractivity contribution in [3.8, 4) is 0 Å². The van der Waals surface area contributed by atoms with Crippen molar-refractivity contribution < 1.29 is 9.59 Å². The van der Waals surface area contributed by atoms with Gasteiger partial charge in [-0.15, -0.1) is 0 Å². The van der Waals surface area contributed by atoms with Gasteiger partial charge in [0.25, 0.3) is 5.91 Å². The van der Waals surface area contributed by atoms with Crippen molar-refractivity contribution in [2.45, 2.75) is 6.92 Å². The molecule has 0 atom stereocenters. The van der Waals surface area contributed by atoms with Gasteiger partial charge >= 0.3 is 5.69 Å². The van der Waals surface area contributed by atoms with E-state index in [1.165, 1.54) is 18.9 Å². The smallest absolute Gasteiger partial charge is 0.309 e. The topological polar surface area (TPSA) is 86.0 Å². The minimum absolute atomic E-state index is 0.308. The molecule has 0 bridgehead atoms. The fraction of sp³-hybridized carbons (Fsp3) is 0.182. The summed E-state index contributed by atoms with van der Waals surface area (Å²) in [6.45, 7) is 1.22. The number of aromatic amines is 2. The molecule has 0 unspecified atom stereocenters. The minimum Gasteiger partial charge on any atom is -0.309 e. The van der Waals surface area contributed by atoms with Gasteiger partial charge in [-0.3, -0.25) is 9.59 Å². The standard InChI is InChI=1S/C11H11N3O3/c1-6(15)10(16)14(2)7-3-4-8-9(5-7)13-11(17)12-8/h3-5H,1-2H3,(H2,12,13,17). The lowest BCUT2D eigenvalue weighted by Crippen LogP contribution is -2.31. The molecule has 6 heteroatoms. The molecule has 6 nitrogen and oxygen atoms in total. The molecule has 0 saturated heterocycles. The number of imidazole rings is 1. The normalized spacial score (nSPS) is 10.5. The van der Waals surface area contributed by atoms with E-state index in [0.717, 1.165) is 0 Å². The third kappa shape index (κ3) is 1.96. The van der Waals surface area contributed by atoms with E-state index in [4.69, 9.17) is 0 Å². The highest BCUT2D eigenvalue weighted by molar-refractivity contribution is 6.40. The summed E-state index contributed by atoms with van der Waals surface area (Å²) in [6.07, 6.45) is 0. The molecular formula is C11H11N3O3. The van der Waals surface area contributed by atoms with Crippen LogP contribution in [0.1, 0.15) is 6.92 Å². The number of hydrogen-bond acceptors (Lipinski definition) is 3. The average Bonchev–Trinajstić information content (AvgIpc) is 2.65. The van der Waals surface area contributed by atoms with Crippen LogP contribution in [0.3, 0.4) is 0 Å². The summed E-state index contributed by atoms with van der Waals surface area (Å²) >= 11 is 0. The van der Waals surface area contributed by atoms with E-state index in [-0.39, 0.29) is 5.69 Å². The fourth-order valence-corrected chi connectivity index (χ4v) is 1.58. The second-order valence-corrected chi connectivity index (χ2v) is 3.73. The van der Waals surface area contributed by atoms with Crippen LogP contribution in [-0.2, 0) is 9.59 Å². The molecule has 2 aromatic rings. The maximum atomic E-state index is 11.5. The summed E-state index contributed by atoms with van der Waals surface area (Å²) in [7, 11) is 1.51. The first-order valence-corrected chi connectivity index (χ1v) is 4.99. The molecule has 1 amide bonds. The largest absolute Gasteiger partial charge is 0.323 e. The van der Waals surface area contributed by atoms with Gasteiger partial charge in [-0.05, 0) is 18.2 Å². The van der Waals surface area contributed by atoms with Crippen molar-refractivity contribution in [2.75, 3.05) is 11.9 Å². The second kappa shape index (κ2) is 3.89. The molecule has 1 aromatic carbocycles. The number of fused-ring (bicyclic) bond motifs is 1. The van der Waals surface area contributed by atoms with E-state index >= 15 is 0 Å². The highest BCUT2D eigenvalue weighted by Crippen LogP contribution is 2.18. The molecule has 0 radical (unpaired) electrons. The predicted molar refractivity (Wildman–Crippen MR) is 63.0 cm³/mol. The maximum absolute atomic E-state index is 11.5. The Hall–Kier alpha value is -2.37. The highest BCUT2D eigenvalue weighted by Gasteiger charge is 2.15. The third-order valence-electron chi connectivity index (χ3n) is 2.49. The van der Waals surface area contributed by atoms with Gasteiger partial charge in [-0.1, -0.05) is 0 Å². The van der Waals surface area contributed by atoms with Crippen molar-refractivity contribution in [2.24, 2.45) is 0 Å². The Balaban J connectivity index is 2.45. The van der Waals surface area contributed by atoms with Crippen LogP contribution in [0.25, 0.3) is 11.0 Å². The fourth-order valence-electron chi connectivity index (χ4n) is 1.58. The van der Waals surface area contributed by atoms with E-state index in [1.807, 2.05) is 0 Å². The zero-order valence-corrected chi connectivity index (χ0v) is 9.40. The number of rotatable bonds is 2. The molecule has 88 valence electrons. The van der Waals surface area contributed by atoms with Crippen LogP contribution in [0.2, 0.25) is 0 Å². The SMILES string of the molecule is CC(=O)C(=O)N(C)c1ccc2[nH]c(=O)[nH]c2c1. The summed E-state index contributed by atoms with van der Waals surface area (Å²) < 4.78 is 0. The van der Waals surface area contributed by atoms with Gasteiger partial charge in [-0.2, -0.15) is 0 Å². The molecule has 1 aromatic heterocycles. The number of amides is 1. The van der Waals surface area contributed by atoms with Gasteiger partial charge < -0.3 is 14.9 Å². The van der Waals surface area contributed by atoms with E-state index < -0.39 is 11.7 Å². The first-order chi connectivity index (χ1) is 7.99. The van der Waals surface area contributed by atoms with Crippen LogP contribution >= 0.6 is 0 Å². The van der Waals surface area contributed by atoms with Crippen molar-refractivity contribution in [3.05, 3.63) is 28.7 Å². The molecule has 2 rings (SSSR count). The van der Waals surface area contributed by atoms with Crippen molar-refractivity contribution in [3.63, 3.8) is 0 Å². The maximum Gasteiger partial charge on any atom is 0.323 e. The van der Waals surface area contributed by atoms with Crippen LogP contribution < -0.4 is 10.6 Å². The van der Waals surface area contributed by atoms with Gasteiger partial charge in [0.1, 0.15) is 0 Å². The van der Waals surface area contributed by atoms with Crippen LogP contribution in [-0.4, -0.2) is 28.7 Å². The Bertz CT molecular complexity index is 653. The Kier molecular flexibility index (Phi) is 2.55. The number of ketones is 1. The van der Waals surface area contributed by atoms with E-state index in [1.54, 1.807) is 18.2 Å². The molecule has 1 heterocycles. The number of nitrogens with one attached hydrogen (secondary N) is 2.